The molecule has 0 fully saturated rings. The normalized spacial score (nSPS) is 18.3. The number of nitrogens with one attached hydrogen (secondary N) is 1. The molecule has 36 heavy (non-hydrogen) atoms. The largest absolute Gasteiger partial charge is 0.472 e. The van der Waals surface area contributed by atoms with Gasteiger partial charge < -0.3 is 25.0 Å². The third-order valence-electron chi connectivity index (χ3n) is 6.45. The van der Waals surface area contributed by atoms with Gasteiger partial charge in [0.1, 0.15) is 11.7 Å². The molecule has 0 radical (unpaired) electrons. The summed E-state index contributed by atoms with van der Waals surface area (Å²) in [6.45, 7) is 4.28. The number of aromatic nitrogens is 1. The summed E-state index contributed by atoms with van der Waals surface area (Å²) in [5.41, 5.74) is 2.78. The van der Waals surface area contributed by atoms with Crippen molar-refractivity contribution in [3.63, 3.8) is 0 Å². The number of aliphatic hydroxyl groups is 1. The SMILES string of the molecule is C[C@@H]1CN([C@H](C)CO)C(=O)c2cc(-c3ccccc3)cnc2O[C@@H]1CN(C)C(=O)Nc1ccccc1. The predicted octanol–water partition coefficient (Wildman–Crippen LogP) is 4.13. The van der Waals surface area contributed by atoms with Gasteiger partial charge in [-0.25, -0.2) is 9.78 Å². The Morgan fingerprint density at radius 3 is 2.50 bits per heavy atom. The van der Waals surface area contributed by atoms with Gasteiger partial charge in [-0.15, -0.1) is 0 Å². The number of para-hydroxylation sites is 1. The first-order chi connectivity index (χ1) is 17.4. The number of nitrogens with zero attached hydrogens (tertiary/aromatic N) is 3. The summed E-state index contributed by atoms with van der Waals surface area (Å²) in [7, 11) is 1.71. The van der Waals surface area contributed by atoms with E-state index in [4.69, 9.17) is 4.74 Å². The van der Waals surface area contributed by atoms with Crippen LogP contribution < -0.4 is 10.1 Å². The van der Waals surface area contributed by atoms with Crippen LogP contribution in [0.2, 0.25) is 0 Å². The molecular weight excluding hydrogens is 456 g/mol. The average Bonchev–Trinajstić information content (AvgIpc) is 2.91. The molecule has 0 aliphatic carbocycles. The van der Waals surface area contributed by atoms with Crippen molar-refractivity contribution in [1.82, 2.24) is 14.8 Å². The molecule has 2 heterocycles. The number of hydrogen-bond acceptors (Lipinski definition) is 5. The summed E-state index contributed by atoms with van der Waals surface area (Å²) in [6.07, 6.45) is 1.27. The zero-order valence-corrected chi connectivity index (χ0v) is 20.8. The molecule has 0 spiro atoms. The number of aliphatic hydroxyl groups excluding tert-OH is 1. The van der Waals surface area contributed by atoms with Gasteiger partial charge >= 0.3 is 6.03 Å². The number of likely N-dealkylation sites (N-methyl/N-ethyl adjacent to an activating group) is 1. The van der Waals surface area contributed by atoms with E-state index < -0.39 is 6.10 Å². The number of ether oxygens (including phenoxy) is 1. The molecular formula is C28H32N4O4. The minimum atomic E-state index is -0.424. The molecule has 3 atom stereocenters. The number of rotatable bonds is 6. The fourth-order valence-electron chi connectivity index (χ4n) is 4.20. The predicted molar refractivity (Wildman–Crippen MR) is 139 cm³/mol. The molecule has 0 saturated heterocycles. The molecule has 0 bridgehead atoms. The van der Waals surface area contributed by atoms with Crippen molar-refractivity contribution < 1.29 is 19.4 Å². The lowest BCUT2D eigenvalue weighted by molar-refractivity contribution is 0.0356. The maximum absolute atomic E-state index is 13.6. The summed E-state index contributed by atoms with van der Waals surface area (Å²) in [6, 6.07) is 20.1. The number of urea groups is 1. The molecule has 1 aliphatic rings. The van der Waals surface area contributed by atoms with Crippen LogP contribution in [0.15, 0.2) is 72.9 Å². The van der Waals surface area contributed by atoms with E-state index in [9.17, 15) is 14.7 Å². The number of carbonyl (C=O) groups excluding carboxylic acids is 2. The number of amides is 3. The Morgan fingerprint density at radius 2 is 1.83 bits per heavy atom. The topological polar surface area (TPSA) is 95.0 Å². The molecule has 0 saturated carbocycles. The van der Waals surface area contributed by atoms with E-state index in [2.05, 4.69) is 10.3 Å². The van der Waals surface area contributed by atoms with Gasteiger partial charge in [-0.1, -0.05) is 55.5 Å². The lowest BCUT2D eigenvalue weighted by Crippen LogP contribution is -2.50. The molecule has 2 N–H and O–H groups in total. The highest BCUT2D eigenvalue weighted by atomic mass is 16.5. The van der Waals surface area contributed by atoms with Crippen LogP contribution in [0.3, 0.4) is 0 Å². The fraction of sp³-hybridized carbons (Fsp3) is 0.321. The van der Waals surface area contributed by atoms with Gasteiger partial charge in [0.2, 0.25) is 5.88 Å². The van der Waals surface area contributed by atoms with Gasteiger partial charge in [0.25, 0.3) is 5.91 Å². The van der Waals surface area contributed by atoms with Crippen molar-refractivity contribution in [2.24, 2.45) is 5.92 Å². The minimum absolute atomic E-state index is 0.126. The maximum Gasteiger partial charge on any atom is 0.321 e. The van der Waals surface area contributed by atoms with E-state index in [1.807, 2.05) is 74.5 Å². The van der Waals surface area contributed by atoms with E-state index in [0.717, 1.165) is 11.1 Å². The smallest absolute Gasteiger partial charge is 0.321 e. The molecule has 4 rings (SSSR count). The highest BCUT2D eigenvalue weighted by molar-refractivity contribution is 5.98. The zero-order chi connectivity index (χ0) is 25.7. The Kier molecular flexibility index (Phi) is 7.85. The molecule has 1 aromatic heterocycles. The maximum atomic E-state index is 13.6. The lowest BCUT2D eigenvalue weighted by atomic mass is 9.99. The summed E-state index contributed by atoms with van der Waals surface area (Å²) in [4.78, 5) is 34.1. The molecule has 2 aromatic carbocycles. The summed E-state index contributed by atoms with van der Waals surface area (Å²) >= 11 is 0. The van der Waals surface area contributed by atoms with Gasteiger partial charge in [0, 0.05) is 37.0 Å². The van der Waals surface area contributed by atoms with E-state index >= 15 is 0 Å². The second kappa shape index (κ2) is 11.2. The van der Waals surface area contributed by atoms with E-state index in [-0.39, 0.29) is 42.9 Å². The van der Waals surface area contributed by atoms with Crippen molar-refractivity contribution in [2.75, 3.05) is 32.1 Å². The number of benzene rings is 2. The van der Waals surface area contributed by atoms with Gasteiger partial charge in [0.05, 0.1) is 19.2 Å². The molecule has 3 amide bonds. The van der Waals surface area contributed by atoms with Crippen LogP contribution in [0, 0.1) is 5.92 Å². The van der Waals surface area contributed by atoms with Crippen LogP contribution in [0.5, 0.6) is 5.88 Å². The summed E-state index contributed by atoms with van der Waals surface area (Å²) in [5.74, 6) is -0.140. The van der Waals surface area contributed by atoms with Crippen molar-refractivity contribution in [3.8, 4) is 17.0 Å². The highest BCUT2D eigenvalue weighted by Gasteiger charge is 2.34. The lowest BCUT2D eigenvalue weighted by Gasteiger charge is -2.37. The van der Waals surface area contributed by atoms with E-state index in [0.29, 0.717) is 17.8 Å². The fourth-order valence-corrected chi connectivity index (χ4v) is 4.20. The Morgan fingerprint density at radius 1 is 1.17 bits per heavy atom. The van der Waals surface area contributed by atoms with Crippen LogP contribution in [0.4, 0.5) is 10.5 Å². The van der Waals surface area contributed by atoms with Gasteiger partial charge in [-0.3, -0.25) is 4.79 Å². The van der Waals surface area contributed by atoms with Crippen LogP contribution in [0.1, 0.15) is 24.2 Å². The van der Waals surface area contributed by atoms with Gasteiger partial charge in [0.15, 0.2) is 0 Å². The third-order valence-corrected chi connectivity index (χ3v) is 6.45. The molecule has 1 aliphatic heterocycles. The second-order valence-corrected chi connectivity index (χ2v) is 9.24. The van der Waals surface area contributed by atoms with Crippen LogP contribution in [0.25, 0.3) is 11.1 Å². The van der Waals surface area contributed by atoms with Gasteiger partial charge in [-0.05, 0) is 30.7 Å². The van der Waals surface area contributed by atoms with Crippen molar-refractivity contribution in [3.05, 3.63) is 78.5 Å². The average molecular weight is 489 g/mol. The standard InChI is InChI=1S/C28H32N4O4/c1-19-16-32(20(2)18-33)27(34)24-14-22(21-10-6-4-7-11-21)15-29-26(24)36-25(19)17-31(3)28(35)30-23-12-8-5-9-13-23/h4-15,19-20,25,33H,16-18H2,1-3H3,(H,30,35)/t19-,20-,25-/m1/s1. The molecule has 0 unspecified atom stereocenters. The van der Waals surface area contributed by atoms with Crippen LogP contribution in [-0.2, 0) is 0 Å². The number of pyridine rings is 1. The number of hydrogen-bond donors (Lipinski definition) is 2. The van der Waals surface area contributed by atoms with Crippen LogP contribution >= 0.6 is 0 Å². The third kappa shape index (κ3) is 5.66. The van der Waals surface area contributed by atoms with Crippen LogP contribution in [-0.4, -0.2) is 70.7 Å². The van der Waals surface area contributed by atoms with Crippen molar-refractivity contribution in [2.45, 2.75) is 26.0 Å². The summed E-state index contributed by atoms with van der Waals surface area (Å²) in [5, 5.41) is 12.7. The Labute approximate surface area is 211 Å². The number of anilines is 1. The minimum Gasteiger partial charge on any atom is -0.472 e. The Balaban J connectivity index is 1.62. The summed E-state index contributed by atoms with van der Waals surface area (Å²) < 4.78 is 6.30. The Hall–Kier alpha value is -3.91. The number of carbonyl (C=O) groups is 2. The molecule has 3 aromatic rings. The Bertz CT molecular complexity index is 1190. The molecule has 188 valence electrons. The highest BCUT2D eigenvalue weighted by Crippen LogP contribution is 2.30. The second-order valence-electron chi connectivity index (χ2n) is 9.24. The first-order valence-electron chi connectivity index (χ1n) is 12.1. The first-order valence-corrected chi connectivity index (χ1v) is 12.1. The molecule has 8 nitrogen and oxygen atoms in total. The van der Waals surface area contributed by atoms with Crippen molar-refractivity contribution in [1.29, 1.82) is 0 Å². The van der Waals surface area contributed by atoms with E-state index in [1.165, 1.54) is 0 Å². The van der Waals surface area contributed by atoms with Gasteiger partial charge in [-0.2, -0.15) is 0 Å². The monoisotopic (exact) mass is 488 g/mol. The zero-order valence-electron chi connectivity index (χ0n) is 20.8. The molecule has 8 heteroatoms. The van der Waals surface area contributed by atoms with Crippen molar-refractivity contribution >= 4 is 17.6 Å². The quantitative estimate of drug-likeness (QED) is 0.544. The van der Waals surface area contributed by atoms with E-state index in [1.54, 1.807) is 29.1 Å². The first kappa shape index (κ1) is 25.2. The number of fused-ring (bicyclic) bond motifs is 1.